The van der Waals surface area contributed by atoms with Crippen LogP contribution in [-0.2, 0) is 13.0 Å². The predicted octanol–water partition coefficient (Wildman–Crippen LogP) is 3.05. The summed E-state index contributed by atoms with van der Waals surface area (Å²) < 4.78 is 14.5. The lowest BCUT2D eigenvalue weighted by molar-refractivity contribution is 0.248. The van der Waals surface area contributed by atoms with E-state index in [0.29, 0.717) is 17.9 Å². The lowest BCUT2D eigenvalue weighted by Crippen LogP contribution is -2.46. The van der Waals surface area contributed by atoms with Gasteiger partial charge in [-0.3, -0.25) is 9.88 Å². The second kappa shape index (κ2) is 7.33. The van der Waals surface area contributed by atoms with Crippen LogP contribution in [0.25, 0.3) is 10.9 Å². The van der Waals surface area contributed by atoms with Gasteiger partial charge in [0.25, 0.3) is 0 Å². The van der Waals surface area contributed by atoms with Crippen LogP contribution in [0.1, 0.15) is 18.2 Å². The van der Waals surface area contributed by atoms with E-state index in [4.69, 9.17) is 0 Å². The van der Waals surface area contributed by atoms with Gasteiger partial charge in [-0.05, 0) is 30.2 Å². The SMILES string of the molecule is CCc1ncnc(N2CCN(Cc3ccc4ncccc4c3)CC2)c1F. The van der Waals surface area contributed by atoms with Crippen molar-refractivity contribution in [2.45, 2.75) is 19.9 Å². The van der Waals surface area contributed by atoms with Gasteiger partial charge >= 0.3 is 0 Å². The summed E-state index contributed by atoms with van der Waals surface area (Å²) in [7, 11) is 0. The second-order valence-electron chi connectivity index (χ2n) is 6.61. The minimum Gasteiger partial charge on any atom is -0.352 e. The lowest BCUT2D eigenvalue weighted by atomic mass is 10.1. The highest BCUT2D eigenvalue weighted by Crippen LogP contribution is 2.21. The van der Waals surface area contributed by atoms with E-state index < -0.39 is 0 Å². The van der Waals surface area contributed by atoms with Gasteiger partial charge in [-0.1, -0.05) is 19.1 Å². The van der Waals surface area contributed by atoms with E-state index in [0.717, 1.165) is 38.2 Å². The fourth-order valence-corrected chi connectivity index (χ4v) is 3.46. The Labute approximate surface area is 152 Å². The van der Waals surface area contributed by atoms with Crippen molar-refractivity contribution < 1.29 is 4.39 Å². The molecule has 5 nitrogen and oxygen atoms in total. The summed E-state index contributed by atoms with van der Waals surface area (Å²) in [5, 5.41) is 1.17. The van der Waals surface area contributed by atoms with Crippen LogP contribution < -0.4 is 4.90 Å². The molecule has 0 atom stereocenters. The lowest BCUT2D eigenvalue weighted by Gasteiger charge is -2.35. The van der Waals surface area contributed by atoms with E-state index in [9.17, 15) is 4.39 Å². The van der Waals surface area contributed by atoms with Crippen molar-refractivity contribution >= 4 is 16.7 Å². The van der Waals surface area contributed by atoms with E-state index >= 15 is 0 Å². The van der Waals surface area contributed by atoms with E-state index in [-0.39, 0.29) is 5.82 Å². The summed E-state index contributed by atoms with van der Waals surface area (Å²) in [6, 6.07) is 10.5. The van der Waals surface area contributed by atoms with Crippen LogP contribution in [0.5, 0.6) is 0 Å². The molecule has 2 aromatic heterocycles. The van der Waals surface area contributed by atoms with Gasteiger partial charge in [0.2, 0.25) is 0 Å². The normalized spacial score (nSPS) is 15.5. The summed E-state index contributed by atoms with van der Waals surface area (Å²) in [4.78, 5) is 17.0. The maximum Gasteiger partial charge on any atom is 0.187 e. The molecule has 0 bridgehead atoms. The van der Waals surface area contributed by atoms with Gasteiger partial charge < -0.3 is 4.90 Å². The van der Waals surface area contributed by atoms with Gasteiger partial charge in [0.15, 0.2) is 11.6 Å². The van der Waals surface area contributed by atoms with Crippen molar-refractivity contribution in [3.63, 3.8) is 0 Å². The molecule has 1 aliphatic heterocycles. The summed E-state index contributed by atoms with van der Waals surface area (Å²) in [6.07, 6.45) is 3.86. The molecule has 0 saturated carbocycles. The summed E-state index contributed by atoms with van der Waals surface area (Å²) in [5.41, 5.74) is 2.79. The molecule has 1 fully saturated rings. The van der Waals surface area contributed by atoms with Crippen LogP contribution in [0.3, 0.4) is 0 Å². The summed E-state index contributed by atoms with van der Waals surface area (Å²) in [6.45, 7) is 6.11. The van der Waals surface area contributed by atoms with Crippen molar-refractivity contribution in [3.8, 4) is 0 Å². The maximum atomic E-state index is 14.5. The molecule has 0 amide bonds. The highest BCUT2D eigenvalue weighted by atomic mass is 19.1. The second-order valence-corrected chi connectivity index (χ2v) is 6.61. The van der Waals surface area contributed by atoms with E-state index in [1.54, 1.807) is 0 Å². The van der Waals surface area contributed by atoms with Crippen LogP contribution in [0.15, 0.2) is 42.9 Å². The fraction of sp³-hybridized carbons (Fsp3) is 0.350. The minimum absolute atomic E-state index is 0.273. The third-order valence-corrected chi connectivity index (χ3v) is 4.92. The summed E-state index contributed by atoms with van der Waals surface area (Å²) in [5.74, 6) is 0.166. The highest BCUT2D eigenvalue weighted by molar-refractivity contribution is 5.78. The molecule has 6 heteroatoms. The van der Waals surface area contributed by atoms with Crippen molar-refractivity contribution in [2.24, 2.45) is 0 Å². The first-order valence-electron chi connectivity index (χ1n) is 9.05. The van der Waals surface area contributed by atoms with Gasteiger partial charge in [0, 0.05) is 44.3 Å². The quantitative estimate of drug-likeness (QED) is 0.723. The molecule has 1 aromatic carbocycles. The smallest absolute Gasteiger partial charge is 0.187 e. The standard InChI is InChI=1S/C20H22FN5/c1-2-17-19(21)20(24-14-23-17)26-10-8-25(9-11-26)13-15-5-6-18-16(12-15)4-3-7-22-18/h3-7,12,14H,2,8-11,13H2,1H3. The zero-order valence-corrected chi connectivity index (χ0v) is 14.9. The third-order valence-electron chi connectivity index (χ3n) is 4.92. The Hall–Kier alpha value is -2.60. The molecule has 4 rings (SSSR count). The largest absolute Gasteiger partial charge is 0.352 e. The topological polar surface area (TPSA) is 45.2 Å². The number of fused-ring (bicyclic) bond motifs is 1. The molecule has 0 radical (unpaired) electrons. The number of hydrogen-bond acceptors (Lipinski definition) is 5. The number of piperazine rings is 1. The first kappa shape index (κ1) is 16.8. The van der Waals surface area contributed by atoms with E-state index in [2.05, 4.69) is 44.1 Å². The number of halogens is 1. The number of rotatable bonds is 4. The number of anilines is 1. The van der Waals surface area contributed by atoms with Gasteiger partial charge in [-0.2, -0.15) is 0 Å². The molecule has 134 valence electrons. The van der Waals surface area contributed by atoms with E-state index in [1.807, 2.05) is 24.1 Å². The first-order chi connectivity index (χ1) is 12.7. The van der Waals surface area contributed by atoms with Gasteiger partial charge in [-0.15, -0.1) is 0 Å². The van der Waals surface area contributed by atoms with Crippen LogP contribution in [0, 0.1) is 5.82 Å². The Morgan fingerprint density at radius 2 is 1.88 bits per heavy atom. The van der Waals surface area contributed by atoms with Crippen LogP contribution >= 0.6 is 0 Å². The van der Waals surface area contributed by atoms with Crippen LogP contribution in [0.2, 0.25) is 0 Å². The first-order valence-corrected chi connectivity index (χ1v) is 9.05. The number of pyridine rings is 1. The molecular weight excluding hydrogens is 329 g/mol. The fourth-order valence-electron chi connectivity index (χ4n) is 3.46. The number of nitrogens with zero attached hydrogens (tertiary/aromatic N) is 5. The molecule has 1 aliphatic rings. The predicted molar refractivity (Wildman–Crippen MR) is 101 cm³/mol. The monoisotopic (exact) mass is 351 g/mol. The number of hydrogen-bond donors (Lipinski definition) is 0. The van der Waals surface area contributed by atoms with E-state index in [1.165, 1.54) is 17.3 Å². The molecule has 0 N–H and O–H groups in total. The molecule has 3 aromatic rings. The highest BCUT2D eigenvalue weighted by Gasteiger charge is 2.22. The minimum atomic E-state index is -0.273. The molecule has 26 heavy (non-hydrogen) atoms. The molecule has 0 spiro atoms. The number of aryl methyl sites for hydroxylation is 1. The Morgan fingerprint density at radius 3 is 2.69 bits per heavy atom. The Bertz CT molecular complexity index is 906. The third kappa shape index (κ3) is 3.37. The molecule has 1 saturated heterocycles. The molecule has 3 heterocycles. The average Bonchev–Trinajstić information content (AvgIpc) is 2.69. The Balaban J connectivity index is 1.42. The van der Waals surface area contributed by atoms with Crippen molar-refractivity contribution in [1.82, 2.24) is 19.9 Å². The van der Waals surface area contributed by atoms with Gasteiger partial charge in [0.05, 0.1) is 11.2 Å². The zero-order chi connectivity index (χ0) is 17.9. The number of benzene rings is 1. The summed E-state index contributed by atoms with van der Waals surface area (Å²) >= 11 is 0. The molecule has 0 aliphatic carbocycles. The zero-order valence-electron chi connectivity index (χ0n) is 14.9. The van der Waals surface area contributed by atoms with Crippen LogP contribution in [-0.4, -0.2) is 46.0 Å². The molecular formula is C20H22FN5. The Morgan fingerprint density at radius 1 is 1.04 bits per heavy atom. The molecule has 0 unspecified atom stereocenters. The van der Waals surface area contributed by atoms with Gasteiger partial charge in [-0.25, -0.2) is 14.4 Å². The number of aromatic nitrogens is 3. The van der Waals surface area contributed by atoms with Crippen molar-refractivity contribution in [2.75, 3.05) is 31.1 Å². The van der Waals surface area contributed by atoms with Crippen LogP contribution in [0.4, 0.5) is 10.2 Å². The average molecular weight is 351 g/mol. The van der Waals surface area contributed by atoms with Crippen molar-refractivity contribution in [1.29, 1.82) is 0 Å². The maximum absolute atomic E-state index is 14.5. The van der Waals surface area contributed by atoms with Gasteiger partial charge in [0.1, 0.15) is 6.33 Å². The van der Waals surface area contributed by atoms with Crippen molar-refractivity contribution in [3.05, 3.63) is 59.9 Å². The Kier molecular flexibility index (Phi) is 4.75.